The Morgan fingerprint density at radius 2 is 1.38 bits per heavy atom. The summed E-state index contributed by atoms with van der Waals surface area (Å²) in [5, 5.41) is 0. The van der Waals surface area contributed by atoms with Crippen LogP contribution in [0.25, 0.3) is 0 Å². The molecular formula is C12H25Cl. The maximum atomic E-state index is 6.31. The van der Waals surface area contributed by atoms with Crippen molar-refractivity contribution < 1.29 is 0 Å². The van der Waals surface area contributed by atoms with Crippen LogP contribution >= 0.6 is 11.6 Å². The fraction of sp³-hybridized carbons (Fsp3) is 1.00. The zero-order valence-corrected chi connectivity index (χ0v) is 11.0. The number of hydrogen-bond donors (Lipinski definition) is 0. The van der Waals surface area contributed by atoms with Crippen LogP contribution in [0.1, 0.15) is 54.9 Å². The molecule has 0 aromatic heterocycles. The zero-order valence-electron chi connectivity index (χ0n) is 10.2. The standard InChI is InChI=1S/C12H25Cl/c1-9(8-11(3,4)5)10(2)12(6,7)13/h9-10H,8H2,1-7H3. The van der Waals surface area contributed by atoms with Gasteiger partial charge < -0.3 is 0 Å². The van der Waals surface area contributed by atoms with Gasteiger partial charge in [-0.05, 0) is 37.5 Å². The normalized spacial score (nSPS) is 18.5. The molecule has 0 N–H and O–H groups in total. The third kappa shape index (κ3) is 5.57. The van der Waals surface area contributed by atoms with E-state index < -0.39 is 0 Å². The van der Waals surface area contributed by atoms with E-state index in [0.717, 1.165) is 0 Å². The third-order valence-corrected chi connectivity index (χ3v) is 3.21. The van der Waals surface area contributed by atoms with E-state index in [0.29, 0.717) is 17.3 Å². The molecule has 80 valence electrons. The van der Waals surface area contributed by atoms with Gasteiger partial charge in [0.05, 0.1) is 0 Å². The fourth-order valence-corrected chi connectivity index (χ4v) is 2.03. The molecule has 0 heterocycles. The Morgan fingerprint density at radius 3 is 1.62 bits per heavy atom. The fourth-order valence-electron chi connectivity index (χ4n) is 1.82. The highest BCUT2D eigenvalue weighted by atomic mass is 35.5. The van der Waals surface area contributed by atoms with E-state index in [1.807, 2.05) is 0 Å². The van der Waals surface area contributed by atoms with Crippen LogP contribution in [0.15, 0.2) is 0 Å². The van der Waals surface area contributed by atoms with Gasteiger partial charge in [-0.2, -0.15) is 0 Å². The van der Waals surface area contributed by atoms with Gasteiger partial charge in [0.15, 0.2) is 0 Å². The minimum Gasteiger partial charge on any atom is -0.120 e. The maximum Gasteiger partial charge on any atom is 0.0418 e. The molecule has 0 saturated carbocycles. The predicted molar refractivity (Wildman–Crippen MR) is 62.3 cm³/mol. The average Bonchev–Trinajstić information content (AvgIpc) is 1.79. The van der Waals surface area contributed by atoms with Gasteiger partial charge in [0.2, 0.25) is 0 Å². The highest BCUT2D eigenvalue weighted by Gasteiger charge is 2.29. The molecule has 0 saturated heterocycles. The van der Waals surface area contributed by atoms with Crippen LogP contribution in [-0.4, -0.2) is 4.87 Å². The lowest BCUT2D eigenvalue weighted by Crippen LogP contribution is -2.29. The minimum absolute atomic E-state index is 0.0787. The Morgan fingerprint density at radius 1 is 1.00 bits per heavy atom. The molecule has 0 bridgehead atoms. The molecule has 0 amide bonds. The van der Waals surface area contributed by atoms with E-state index in [1.165, 1.54) is 6.42 Å². The molecule has 0 nitrogen and oxygen atoms in total. The predicted octanol–water partition coefficient (Wildman–Crippen LogP) is 4.71. The summed E-state index contributed by atoms with van der Waals surface area (Å²) < 4.78 is 0. The van der Waals surface area contributed by atoms with E-state index in [9.17, 15) is 0 Å². The van der Waals surface area contributed by atoms with Gasteiger partial charge in [-0.3, -0.25) is 0 Å². The first-order valence-corrected chi connectivity index (χ1v) is 5.61. The van der Waals surface area contributed by atoms with Gasteiger partial charge in [0.25, 0.3) is 0 Å². The molecule has 1 heteroatoms. The largest absolute Gasteiger partial charge is 0.120 e. The summed E-state index contributed by atoms with van der Waals surface area (Å²) in [5.74, 6) is 1.25. The summed E-state index contributed by atoms with van der Waals surface area (Å²) in [6, 6.07) is 0. The zero-order chi connectivity index (χ0) is 10.9. The van der Waals surface area contributed by atoms with E-state index in [4.69, 9.17) is 11.6 Å². The van der Waals surface area contributed by atoms with Gasteiger partial charge in [0, 0.05) is 4.87 Å². The van der Waals surface area contributed by atoms with Crippen LogP contribution in [-0.2, 0) is 0 Å². The van der Waals surface area contributed by atoms with Crippen LogP contribution < -0.4 is 0 Å². The first-order valence-electron chi connectivity index (χ1n) is 5.23. The molecule has 0 radical (unpaired) electrons. The summed E-state index contributed by atoms with van der Waals surface area (Å²) in [5.41, 5.74) is 0.413. The van der Waals surface area contributed by atoms with Crippen LogP contribution in [0, 0.1) is 17.3 Å². The summed E-state index contributed by atoms with van der Waals surface area (Å²) in [6.45, 7) is 15.6. The Kier molecular flexibility index (Phi) is 4.30. The van der Waals surface area contributed by atoms with Crippen LogP contribution in [0.5, 0.6) is 0 Å². The first kappa shape index (κ1) is 13.3. The van der Waals surface area contributed by atoms with Crippen molar-refractivity contribution in [2.45, 2.75) is 59.8 Å². The maximum absolute atomic E-state index is 6.31. The van der Waals surface area contributed by atoms with Crippen LogP contribution in [0.4, 0.5) is 0 Å². The average molecular weight is 205 g/mol. The quantitative estimate of drug-likeness (QED) is 0.584. The Bertz CT molecular complexity index is 147. The lowest BCUT2D eigenvalue weighted by molar-refractivity contribution is 0.222. The summed E-state index contributed by atoms with van der Waals surface area (Å²) >= 11 is 6.31. The molecular weight excluding hydrogens is 180 g/mol. The molecule has 0 fully saturated rings. The Labute approximate surface area is 89.1 Å². The van der Waals surface area contributed by atoms with Crippen molar-refractivity contribution in [3.8, 4) is 0 Å². The van der Waals surface area contributed by atoms with E-state index in [2.05, 4.69) is 48.5 Å². The molecule has 0 aliphatic rings. The molecule has 2 atom stereocenters. The Hall–Kier alpha value is 0.290. The molecule has 0 aromatic rings. The number of hydrogen-bond acceptors (Lipinski definition) is 0. The van der Waals surface area contributed by atoms with Crippen LogP contribution in [0.3, 0.4) is 0 Å². The van der Waals surface area contributed by atoms with Gasteiger partial charge in [-0.1, -0.05) is 34.6 Å². The molecule has 2 unspecified atom stereocenters. The monoisotopic (exact) mass is 204 g/mol. The van der Waals surface area contributed by atoms with E-state index >= 15 is 0 Å². The van der Waals surface area contributed by atoms with E-state index in [1.54, 1.807) is 0 Å². The highest BCUT2D eigenvalue weighted by Crippen LogP contribution is 2.36. The van der Waals surface area contributed by atoms with E-state index in [-0.39, 0.29) is 4.87 Å². The molecule has 0 rings (SSSR count). The summed E-state index contributed by atoms with van der Waals surface area (Å²) in [7, 11) is 0. The second kappa shape index (κ2) is 4.21. The second-order valence-electron chi connectivity index (χ2n) is 6.10. The molecule has 13 heavy (non-hydrogen) atoms. The van der Waals surface area contributed by atoms with Crippen molar-refractivity contribution in [3.63, 3.8) is 0 Å². The molecule has 0 aromatic carbocycles. The van der Waals surface area contributed by atoms with Crippen molar-refractivity contribution in [2.24, 2.45) is 17.3 Å². The van der Waals surface area contributed by atoms with Crippen molar-refractivity contribution in [1.29, 1.82) is 0 Å². The topological polar surface area (TPSA) is 0 Å². The minimum atomic E-state index is -0.0787. The second-order valence-corrected chi connectivity index (χ2v) is 7.07. The van der Waals surface area contributed by atoms with Crippen molar-refractivity contribution in [2.75, 3.05) is 0 Å². The lowest BCUT2D eigenvalue weighted by Gasteiger charge is -2.34. The smallest absolute Gasteiger partial charge is 0.0418 e. The van der Waals surface area contributed by atoms with Gasteiger partial charge in [0.1, 0.15) is 0 Å². The van der Waals surface area contributed by atoms with Gasteiger partial charge in [-0.25, -0.2) is 0 Å². The van der Waals surface area contributed by atoms with Gasteiger partial charge >= 0.3 is 0 Å². The summed E-state index contributed by atoms with van der Waals surface area (Å²) in [6.07, 6.45) is 1.24. The third-order valence-electron chi connectivity index (χ3n) is 2.87. The van der Waals surface area contributed by atoms with Crippen molar-refractivity contribution >= 4 is 11.6 Å². The van der Waals surface area contributed by atoms with Gasteiger partial charge in [-0.15, -0.1) is 11.6 Å². The molecule has 0 aliphatic carbocycles. The number of rotatable bonds is 3. The highest BCUT2D eigenvalue weighted by molar-refractivity contribution is 6.23. The van der Waals surface area contributed by atoms with Crippen molar-refractivity contribution in [1.82, 2.24) is 0 Å². The molecule has 0 spiro atoms. The summed E-state index contributed by atoms with van der Waals surface area (Å²) in [4.78, 5) is -0.0787. The molecule has 0 aliphatic heterocycles. The van der Waals surface area contributed by atoms with Crippen molar-refractivity contribution in [3.05, 3.63) is 0 Å². The SMILES string of the molecule is CC(CC(C)(C)C)C(C)C(C)(C)Cl. The lowest BCUT2D eigenvalue weighted by atomic mass is 9.76. The van der Waals surface area contributed by atoms with Crippen LogP contribution in [0.2, 0.25) is 0 Å². The Balaban J connectivity index is 4.20. The number of halogens is 1. The number of alkyl halides is 1. The first-order chi connectivity index (χ1) is 5.54.